The fourth-order valence-electron chi connectivity index (χ4n) is 2.77. The Morgan fingerprint density at radius 1 is 1.12 bits per heavy atom. The third-order valence-electron chi connectivity index (χ3n) is 4.17. The van der Waals surface area contributed by atoms with Gasteiger partial charge in [-0.2, -0.15) is 4.31 Å². The van der Waals surface area contributed by atoms with Crippen LogP contribution in [0.2, 0.25) is 0 Å². The Labute approximate surface area is 165 Å². The van der Waals surface area contributed by atoms with Crippen molar-refractivity contribution in [2.24, 2.45) is 0 Å². The summed E-state index contributed by atoms with van der Waals surface area (Å²) < 4.78 is 27.7. The van der Waals surface area contributed by atoms with E-state index >= 15 is 0 Å². The van der Waals surface area contributed by atoms with E-state index in [9.17, 15) is 13.2 Å². The van der Waals surface area contributed by atoms with Crippen LogP contribution in [-0.2, 0) is 10.0 Å². The minimum absolute atomic E-state index is 0.108. The van der Waals surface area contributed by atoms with Crippen LogP contribution < -0.4 is 0 Å². The van der Waals surface area contributed by atoms with E-state index in [-0.39, 0.29) is 23.9 Å². The Hall–Kier alpha value is -1.42. The average molecular weight is 456 g/mol. The number of nitrogens with zero attached hydrogens (tertiary/aromatic N) is 3. The highest BCUT2D eigenvalue weighted by molar-refractivity contribution is 9.10. The number of piperazine rings is 1. The Morgan fingerprint density at radius 2 is 1.77 bits per heavy atom. The maximum absolute atomic E-state index is 12.7. The van der Waals surface area contributed by atoms with Gasteiger partial charge < -0.3 is 4.90 Å². The SMILES string of the molecule is CSc1ncccc1C(=O)N1CCN(S(=O)(=O)c2ccc(Br)cc2)CC1. The lowest BCUT2D eigenvalue weighted by molar-refractivity contribution is 0.0693. The molecule has 0 spiro atoms. The first kappa shape index (κ1) is 19.3. The second-order valence-corrected chi connectivity index (χ2v) is 9.36. The van der Waals surface area contributed by atoms with Crippen LogP contribution in [0.25, 0.3) is 0 Å². The van der Waals surface area contributed by atoms with E-state index in [0.29, 0.717) is 23.7 Å². The van der Waals surface area contributed by atoms with Gasteiger partial charge in [0, 0.05) is 36.8 Å². The summed E-state index contributed by atoms with van der Waals surface area (Å²) in [5, 5.41) is 0.683. The minimum atomic E-state index is -3.55. The highest BCUT2D eigenvalue weighted by atomic mass is 79.9. The molecule has 1 amide bonds. The standard InChI is InChI=1S/C17H18BrN3O3S2/c1-25-16-15(3-2-8-19-16)17(22)20-9-11-21(12-10-20)26(23,24)14-6-4-13(18)5-7-14/h2-8H,9-12H2,1H3. The summed E-state index contributed by atoms with van der Waals surface area (Å²) in [7, 11) is -3.55. The van der Waals surface area contributed by atoms with E-state index in [2.05, 4.69) is 20.9 Å². The van der Waals surface area contributed by atoms with Crippen molar-refractivity contribution in [1.29, 1.82) is 0 Å². The molecule has 138 valence electrons. The first-order valence-electron chi connectivity index (χ1n) is 7.97. The van der Waals surface area contributed by atoms with Gasteiger partial charge in [-0.05, 0) is 42.7 Å². The van der Waals surface area contributed by atoms with Gasteiger partial charge in [-0.3, -0.25) is 4.79 Å². The highest BCUT2D eigenvalue weighted by Gasteiger charge is 2.31. The Kier molecular flexibility index (Phi) is 6.01. The zero-order chi connectivity index (χ0) is 18.7. The third-order valence-corrected chi connectivity index (χ3v) is 7.33. The maximum atomic E-state index is 12.7. The highest BCUT2D eigenvalue weighted by Crippen LogP contribution is 2.22. The molecule has 26 heavy (non-hydrogen) atoms. The number of hydrogen-bond acceptors (Lipinski definition) is 5. The molecule has 0 unspecified atom stereocenters. The van der Waals surface area contributed by atoms with Crippen LogP contribution in [0, 0.1) is 0 Å². The summed E-state index contributed by atoms with van der Waals surface area (Å²) in [4.78, 5) is 18.9. The van der Waals surface area contributed by atoms with E-state index in [1.165, 1.54) is 16.1 Å². The molecule has 3 rings (SSSR count). The molecule has 1 aromatic heterocycles. The van der Waals surface area contributed by atoms with Gasteiger partial charge in [-0.15, -0.1) is 11.8 Å². The van der Waals surface area contributed by atoms with Crippen molar-refractivity contribution in [2.75, 3.05) is 32.4 Å². The molecule has 0 atom stereocenters. The second-order valence-electron chi connectivity index (χ2n) is 5.71. The number of rotatable bonds is 4. The molecule has 0 saturated carbocycles. The number of aromatic nitrogens is 1. The van der Waals surface area contributed by atoms with Crippen LogP contribution >= 0.6 is 27.7 Å². The van der Waals surface area contributed by atoms with Crippen LogP contribution in [0.3, 0.4) is 0 Å². The Morgan fingerprint density at radius 3 is 2.38 bits per heavy atom. The van der Waals surface area contributed by atoms with E-state index in [1.807, 2.05) is 6.26 Å². The monoisotopic (exact) mass is 455 g/mol. The summed E-state index contributed by atoms with van der Waals surface area (Å²) in [6.07, 6.45) is 3.53. The molecule has 0 bridgehead atoms. The van der Waals surface area contributed by atoms with E-state index in [1.54, 1.807) is 47.5 Å². The minimum Gasteiger partial charge on any atom is -0.336 e. The van der Waals surface area contributed by atoms with Gasteiger partial charge >= 0.3 is 0 Å². The van der Waals surface area contributed by atoms with Crippen molar-refractivity contribution in [3.63, 3.8) is 0 Å². The number of hydrogen-bond donors (Lipinski definition) is 0. The zero-order valence-corrected chi connectivity index (χ0v) is 17.3. The van der Waals surface area contributed by atoms with Crippen LogP contribution in [-0.4, -0.2) is 60.9 Å². The fraction of sp³-hybridized carbons (Fsp3) is 0.294. The summed E-state index contributed by atoms with van der Waals surface area (Å²) in [5.41, 5.74) is 0.559. The molecular weight excluding hydrogens is 438 g/mol. The lowest BCUT2D eigenvalue weighted by atomic mass is 10.2. The van der Waals surface area contributed by atoms with E-state index < -0.39 is 10.0 Å². The number of sulfonamides is 1. The van der Waals surface area contributed by atoms with Crippen LogP contribution in [0.5, 0.6) is 0 Å². The van der Waals surface area contributed by atoms with Gasteiger partial charge in [-0.25, -0.2) is 13.4 Å². The van der Waals surface area contributed by atoms with Gasteiger partial charge in [-0.1, -0.05) is 15.9 Å². The van der Waals surface area contributed by atoms with Gasteiger partial charge in [0.1, 0.15) is 5.03 Å². The molecule has 2 aromatic rings. The number of pyridine rings is 1. The lowest BCUT2D eigenvalue weighted by Gasteiger charge is -2.34. The Balaban J connectivity index is 1.71. The van der Waals surface area contributed by atoms with Crippen molar-refractivity contribution in [1.82, 2.24) is 14.2 Å². The molecule has 1 aliphatic rings. The van der Waals surface area contributed by atoms with Crippen molar-refractivity contribution >= 4 is 43.6 Å². The third kappa shape index (κ3) is 3.95. The number of carbonyl (C=O) groups excluding carboxylic acids is 1. The first-order valence-corrected chi connectivity index (χ1v) is 11.4. The molecule has 0 aliphatic carbocycles. The van der Waals surface area contributed by atoms with Crippen LogP contribution in [0.15, 0.2) is 57.0 Å². The normalized spacial score (nSPS) is 15.8. The maximum Gasteiger partial charge on any atom is 0.256 e. The predicted molar refractivity (Wildman–Crippen MR) is 105 cm³/mol. The number of carbonyl (C=O) groups is 1. The number of benzene rings is 1. The van der Waals surface area contributed by atoms with E-state index in [0.717, 1.165) is 4.47 Å². The topological polar surface area (TPSA) is 70.6 Å². The molecule has 6 nitrogen and oxygen atoms in total. The summed E-state index contributed by atoms with van der Waals surface area (Å²) in [5.74, 6) is -0.108. The van der Waals surface area contributed by atoms with Gasteiger partial charge in [0.2, 0.25) is 10.0 Å². The van der Waals surface area contributed by atoms with Crippen LogP contribution in [0.4, 0.5) is 0 Å². The largest absolute Gasteiger partial charge is 0.336 e. The molecular formula is C17H18BrN3O3S2. The molecule has 1 fully saturated rings. The summed E-state index contributed by atoms with van der Waals surface area (Å²) in [6, 6.07) is 10.1. The molecule has 2 heterocycles. The van der Waals surface area contributed by atoms with Gasteiger partial charge in [0.05, 0.1) is 10.5 Å². The summed E-state index contributed by atoms with van der Waals surface area (Å²) >= 11 is 4.73. The molecule has 1 aliphatic heterocycles. The van der Waals surface area contributed by atoms with Crippen LogP contribution in [0.1, 0.15) is 10.4 Å². The molecule has 1 saturated heterocycles. The van der Waals surface area contributed by atoms with Gasteiger partial charge in [0.15, 0.2) is 0 Å². The molecule has 0 N–H and O–H groups in total. The summed E-state index contributed by atoms with van der Waals surface area (Å²) in [6.45, 7) is 1.27. The van der Waals surface area contributed by atoms with Gasteiger partial charge in [0.25, 0.3) is 5.91 Å². The molecule has 1 aromatic carbocycles. The number of halogens is 1. The Bertz CT molecular complexity index is 896. The fourth-order valence-corrected chi connectivity index (χ4v) is 5.00. The second kappa shape index (κ2) is 8.08. The predicted octanol–water partition coefficient (Wildman–Crippen LogP) is 2.71. The van der Waals surface area contributed by atoms with Crippen molar-refractivity contribution < 1.29 is 13.2 Å². The van der Waals surface area contributed by atoms with Crippen molar-refractivity contribution in [3.05, 3.63) is 52.6 Å². The molecule has 9 heteroatoms. The number of amides is 1. The lowest BCUT2D eigenvalue weighted by Crippen LogP contribution is -2.50. The average Bonchev–Trinajstić information content (AvgIpc) is 2.68. The molecule has 0 radical (unpaired) electrons. The smallest absolute Gasteiger partial charge is 0.256 e. The zero-order valence-electron chi connectivity index (χ0n) is 14.1. The van der Waals surface area contributed by atoms with Crippen molar-refractivity contribution in [2.45, 2.75) is 9.92 Å². The first-order chi connectivity index (χ1) is 12.4. The quantitative estimate of drug-likeness (QED) is 0.662. The number of thioether (sulfide) groups is 1. The van der Waals surface area contributed by atoms with Crippen molar-refractivity contribution in [3.8, 4) is 0 Å². The van der Waals surface area contributed by atoms with E-state index in [4.69, 9.17) is 0 Å².